The van der Waals surface area contributed by atoms with Gasteiger partial charge in [0.2, 0.25) is 0 Å². The molecule has 8 heteroatoms. The molecule has 0 atom stereocenters. The van der Waals surface area contributed by atoms with Crippen LogP contribution in [0.2, 0.25) is 0 Å². The standard InChI is InChI=1S/C10H8F3N3O2/c1-17-7-4-2-6(3-5-7)14-9-16-15-8(18-9)10(11,12)13/h2-5H,1H3,(H,14,16). The van der Waals surface area contributed by atoms with Gasteiger partial charge in [-0.15, -0.1) is 5.10 Å². The smallest absolute Gasteiger partial charge is 0.470 e. The Hall–Kier alpha value is -2.25. The van der Waals surface area contributed by atoms with Gasteiger partial charge in [-0.1, -0.05) is 5.10 Å². The molecule has 0 radical (unpaired) electrons. The summed E-state index contributed by atoms with van der Waals surface area (Å²) in [5.41, 5.74) is 0.508. The molecule has 2 rings (SSSR count). The van der Waals surface area contributed by atoms with Crippen molar-refractivity contribution in [2.24, 2.45) is 0 Å². The van der Waals surface area contributed by atoms with E-state index in [0.717, 1.165) is 0 Å². The van der Waals surface area contributed by atoms with Crippen LogP contribution in [0.1, 0.15) is 5.89 Å². The predicted molar refractivity (Wildman–Crippen MR) is 55.6 cm³/mol. The molecule has 0 aliphatic rings. The number of aromatic nitrogens is 2. The van der Waals surface area contributed by atoms with Gasteiger partial charge in [-0.25, -0.2) is 0 Å². The second kappa shape index (κ2) is 4.55. The molecule has 2 aromatic rings. The Labute approximate surface area is 99.6 Å². The van der Waals surface area contributed by atoms with E-state index < -0.39 is 12.1 Å². The fraction of sp³-hybridized carbons (Fsp3) is 0.200. The Morgan fingerprint density at radius 2 is 1.83 bits per heavy atom. The molecular weight excluding hydrogens is 251 g/mol. The molecule has 0 aliphatic heterocycles. The van der Waals surface area contributed by atoms with Gasteiger partial charge in [-0.2, -0.15) is 13.2 Å². The van der Waals surface area contributed by atoms with E-state index in [1.807, 2.05) is 0 Å². The highest BCUT2D eigenvalue weighted by atomic mass is 19.4. The van der Waals surface area contributed by atoms with Gasteiger partial charge in [-0.3, -0.25) is 0 Å². The Morgan fingerprint density at radius 3 is 2.33 bits per heavy atom. The zero-order chi connectivity index (χ0) is 13.2. The fourth-order valence-electron chi connectivity index (χ4n) is 1.19. The van der Waals surface area contributed by atoms with Crippen LogP contribution in [-0.2, 0) is 6.18 Å². The number of halogens is 3. The summed E-state index contributed by atoms with van der Waals surface area (Å²) in [4.78, 5) is 0. The third-order valence-electron chi connectivity index (χ3n) is 2.01. The minimum Gasteiger partial charge on any atom is -0.497 e. The number of nitrogens with one attached hydrogen (secondary N) is 1. The van der Waals surface area contributed by atoms with E-state index in [1.54, 1.807) is 24.3 Å². The number of methoxy groups -OCH3 is 1. The first-order valence-electron chi connectivity index (χ1n) is 4.81. The lowest BCUT2D eigenvalue weighted by Crippen LogP contribution is -2.04. The fourth-order valence-corrected chi connectivity index (χ4v) is 1.19. The van der Waals surface area contributed by atoms with Crippen molar-refractivity contribution in [2.75, 3.05) is 12.4 Å². The molecule has 0 saturated carbocycles. The number of ether oxygens (including phenoxy) is 1. The maximum Gasteiger partial charge on any atom is 0.470 e. The average Bonchev–Trinajstić information content (AvgIpc) is 2.78. The van der Waals surface area contributed by atoms with Gasteiger partial charge < -0.3 is 14.5 Å². The van der Waals surface area contributed by atoms with Crippen LogP contribution in [0.3, 0.4) is 0 Å². The van der Waals surface area contributed by atoms with Gasteiger partial charge in [0.1, 0.15) is 5.75 Å². The van der Waals surface area contributed by atoms with E-state index in [1.165, 1.54) is 7.11 Å². The van der Waals surface area contributed by atoms with E-state index >= 15 is 0 Å². The van der Waals surface area contributed by atoms with Crippen molar-refractivity contribution in [2.45, 2.75) is 6.18 Å². The van der Waals surface area contributed by atoms with Crippen LogP contribution in [0.5, 0.6) is 5.75 Å². The lowest BCUT2D eigenvalue weighted by molar-refractivity contribution is -0.156. The molecule has 0 fully saturated rings. The SMILES string of the molecule is COc1ccc(Nc2nnc(C(F)(F)F)o2)cc1. The zero-order valence-corrected chi connectivity index (χ0v) is 9.15. The summed E-state index contributed by atoms with van der Waals surface area (Å²) in [6, 6.07) is 6.17. The number of anilines is 2. The maximum absolute atomic E-state index is 12.2. The van der Waals surface area contributed by atoms with Gasteiger partial charge in [0.15, 0.2) is 0 Å². The third kappa shape index (κ3) is 2.70. The number of hydrogen-bond acceptors (Lipinski definition) is 5. The Balaban J connectivity index is 2.11. The summed E-state index contributed by atoms with van der Waals surface area (Å²) in [5.74, 6) is -0.763. The first-order valence-corrected chi connectivity index (χ1v) is 4.81. The molecule has 5 nitrogen and oxygen atoms in total. The van der Waals surface area contributed by atoms with Crippen LogP contribution in [-0.4, -0.2) is 17.3 Å². The van der Waals surface area contributed by atoms with Gasteiger partial charge in [-0.05, 0) is 24.3 Å². The molecule has 0 unspecified atom stereocenters. The van der Waals surface area contributed by atoms with Gasteiger partial charge in [0, 0.05) is 5.69 Å². The van der Waals surface area contributed by atoms with Crippen LogP contribution < -0.4 is 10.1 Å². The van der Waals surface area contributed by atoms with Crippen molar-refractivity contribution in [3.05, 3.63) is 30.2 Å². The van der Waals surface area contributed by atoms with E-state index in [0.29, 0.717) is 11.4 Å². The van der Waals surface area contributed by atoms with Crippen LogP contribution >= 0.6 is 0 Å². The Bertz CT molecular complexity index is 522. The average molecular weight is 259 g/mol. The van der Waals surface area contributed by atoms with E-state index in [-0.39, 0.29) is 6.01 Å². The minimum atomic E-state index is -4.65. The molecule has 1 N–H and O–H groups in total. The molecule has 96 valence electrons. The van der Waals surface area contributed by atoms with Crippen LogP contribution in [0.4, 0.5) is 24.9 Å². The molecule has 0 saturated heterocycles. The molecule has 1 heterocycles. The molecule has 1 aromatic carbocycles. The summed E-state index contributed by atoms with van der Waals surface area (Å²) >= 11 is 0. The van der Waals surface area contributed by atoms with Crippen molar-refractivity contribution < 1.29 is 22.3 Å². The van der Waals surface area contributed by atoms with Crippen molar-refractivity contribution >= 4 is 11.7 Å². The number of nitrogens with zero attached hydrogens (tertiary/aromatic N) is 2. The molecule has 18 heavy (non-hydrogen) atoms. The first kappa shape index (κ1) is 12.2. The summed E-state index contributed by atoms with van der Waals surface area (Å²) in [7, 11) is 1.51. The van der Waals surface area contributed by atoms with Crippen LogP contribution in [0.15, 0.2) is 28.7 Å². The van der Waals surface area contributed by atoms with Crippen molar-refractivity contribution in [1.29, 1.82) is 0 Å². The lowest BCUT2D eigenvalue weighted by Gasteiger charge is -2.03. The number of hydrogen-bond donors (Lipinski definition) is 1. The zero-order valence-electron chi connectivity index (χ0n) is 9.15. The Kier molecular flexibility index (Phi) is 3.09. The topological polar surface area (TPSA) is 60.2 Å². The van der Waals surface area contributed by atoms with Crippen LogP contribution in [0.25, 0.3) is 0 Å². The van der Waals surface area contributed by atoms with Crippen molar-refractivity contribution in [1.82, 2.24) is 10.2 Å². The molecule has 0 amide bonds. The second-order valence-corrected chi connectivity index (χ2v) is 3.26. The number of alkyl halides is 3. The summed E-state index contributed by atoms with van der Waals surface area (Å²) in [5, 5.41) is 8.68. The highest BCUT2D eigenvalue weighted by molar-refractivity contribution is 5.53. The van der Waals surface area contributed by atoms with Gasteiger partial charge in [0.05, 0.1) is 7.11 Å². The normalized spacial score (nSPS) is 11.3. The monoisotopic (exact) mass is 259 g/mol. The Morgan fingerprint density at radius 1 is 1.17 bits per heavy atom. The summed E-state index contributed by atoms with van der Waals surface area (Å²) in [6.07, 6.45) is -4.65. The van der Waals surface area contributed by atoms with Gasteiger partial charge >= 0.3 is 18.1 Å². The minimum absolute atomic E-state index is 0.326. The predicted octanol–water partition coefficient (Wildman–Crippen LogP) is 2.84. The largest absolute Gasteiger partial charge is 0.497 e. The quantitative estimate of drug-likeness (QED) is 0.918. The van der Waals surface area contributed by atoms with E-state index in [4.69, 9.17) is 4.74 Å². The molecule has 0 spiro atoms. The van der Waals surface area contributed by atoms with E-state index in [9.17, 15) is 13.2 Å². The van der Waals surface area contributed by atoms with Gasteiger partial charge in [0.25, 0.3) is 0 Å². The van der Waals surface area contributed by atoms with Crippen molar-refractivity contribution in [3.8, 4) is 5.75 Å². The van der Waals surface area contributed by atoms with Crippen molar-refractivity contribution in [3.63, 3.8) is 0 Å². The van der Waals surface area contributed by atoms with E-state index in [2.05, 4.69) is 19.9 Å². The first-order chi connectivity index (χ1) is 8.49. The highest BCUT2D eigenvalue weighted by Crippen LogP contribution is 2.29. The van der Waals surface area contributed by atoms with Crippen LogP contribution in [0, 0.1) is 0 Å². The molecule has 0 bridgehead atoms. The second-order valence-electron chi connectivity index (χ2n) is 3.26. The summed E-state index contributed by atoms with van der Waals surface area (Å²) < 4.78 is 46.0. The summed E-state index contributed by atoms with van der Waals surface area (Å²) in [6.45, 7) is 0. The highest BCUT2D eigenvalue weighted by Gasteiger charge is 2.38. The number of rotatable bonds is 3. The third-order valence-corrected chi connectivity index (χ3v) is 2.01. The lowest BCUT2D eigenvalue weighted by atomic mass is 10.3. The molecular formula is C10H8F3N3O2. The maximum atomic E-state index is 12.2. The molecule has 1 aromatic heterocycles. The molecule has 0 aliphatic carbocycles. The number of benzene rings is 1.